The van der Waals surface area contributed by atoms with E-state index < -0.39 is 15.9 Å². The van der Waals surface area contributed by atoms with Crippen molar-refractivity contribution in [1.82, 2.24) is 0 Å². The van der Waals surface area contributed by atoms with E-state index in [0.29, 0.717) is 24.5 Å². The van der Waals surface area contributed by atoms with Crippen molar-refractivity contribution < 1.29 is 17.9 Å². The minimum absolute atomic E-state index is 0.191. The van der Waals surface area contributed by atoms with Gasteiger partial charge in [-0.15, -0.1) is 0 Å². The Kier molecular flexibility index (Phi) is 6.67. The smallest absolute Gasteiger partial charge is 0.262 e. The van der Waals surface area contributed by atoms with Crippen LogP contribution in [0.4, 0.5) is 17.1 Å². The van der Waals surface area contributed by atoms with Gasteiger partial charge >= 0.3 is 0 Å². The quantitative estimate of drug-likeness (QED) is 0.570. The fourth-order valence-electron chi connectivity index (χ4n) is 3.77. The van der Waals surface area contributed by atoms with Crippen LogP contribution in [-0.2, 0) is 14.8 Å². The fourth-order valence-corrected chi connectivity index (χ4v) is 5.18. The molecule has 33 heavy (non-hydrogen) atoms. The predicted molar refractivity (Wildman–Crippen MR) is 131 cm³/mol. The van der Waals surface area contributed by atoms with E-state index in [1.807, 2.05) is 37.3 Å². The van der Waals surface area contributed by atoms with Crippen molar-refractivity contribution in [3.05, 3.63) is 83.4 Å². The Morgan fingerprint density at radius 1 is 0.939 bits per heavy atom. The molecular formula is C25H27N3O4S. The zero-order valence-electron chi connectivity index (χ0n) is 18.7. The Hall–Kier alpha value is -3.36. The number of nitrogens with zero attached hydrogens (tertiary/aromatic N) is 1. The number of carbonyl (C=O) groups excluding carboxylic acids is 1. The lowest BCUT2D eigenvalue weighted by Gasteiger charge is -2.29. The average molecular weight is 466 g/mol. The van der Waals surface area contributed by atoms with Gasteiger partial charge in [0.1, 0.15) is 0 Å². The first-order valence-electron chi connectivity index (χ1n) is 10.8. The number of amides is 1. The molecule has 0 aliphatic carbocycles. The van der Waals surface area contributed by atoms with Gasteiger partial charge in [0, 0.05) is 24.5 Å². The van der Waals surface area contributed by atoms with Gasteiger partial charge in [-0.2, -0.15) is 0 Å². The number of carbonyl (C=O) groups is 1. The Morgan fingerprint density at radius 2 is 1.70 bits per heavy atom. The van der Waals surface area contributed by atoms with Crippen LogP contribution in [0.25, 0.3) is 0 Å². The van der Waals surface area contributed by atoms with Crippen molar-refractivity contribution in [2.75, 3.05) is 41.2 Å². The van der Waals surface area contributed by atoms with Crippen LogP contribution in [0.2, 0.25) is 0 Å². The fraction of sp³-hybridized carbons (Fsp3) is 0.240. The number of anilines is 3. The summed E-state index contributed by atoms with van der Waals surface area (Å²) in [6.07, 6.45) is 0. The molecule has 1 aliphatic rings. The Labute approximate surface area is 194 Å². The van der Waals surface area contributed by atoms with Gasteiger partial charge in [-0.1, -0.05) is 30.3 Å². The average Bonchev–Trinajstić information content (AvgIpc) is 2.81. The Bertz CT molecular complexity index is 1270. The third kappa shape index (κ3) is 5.35. The zero-order chi connectivity index (χ0) is 23.4. The van der Waals surface area contributed by atoms with Crippen LogP contribution < -0.4 is 14.9 Å². The topological polar surface area (TPSA) is 87.7 Å². The monoisotopic (exact) mass is 465 g/mol. The Morgan fingerprint density at radius 3 is 2.48 bits per heavy atom. The molecule has 0 aromatic heterocycles. The molecule has 2 N–H and O–H groups in total. The molecule has 1 heterocycles. The third-order valence-electron chi connectivity index (χ3n) is 5.53. The van der Waals surface area contributed by atoms with Gasteiger partial charge < -0.3 is 15.0 Å². The predicted octanol–water partition coefficient (Wildman–Crippen LogP) is 4.19. The second-order valence-corrected chi connectivity index (χ2v) is 9.67. The third-order valence-corrected chi connectivity index (χ3v) is 7.04. The number of nitrogens with one attached hydrogen (secondary N) is 2. The number of aryl methyl sites for hydroxylation is 2. The van der Waals surface area contributed by atoms with Crippen molar-refractivity contribution in [2.24, 2.45) is 0 Å². The van der Waals surface area contributed by atoms with E-state index >= 15 is 0 Å². The summed E-state index contributed by atoms with van der Waals surface area (Å²) in [5.74, 6) is -0.395. The maximum atomic E-state index is 13.1. The van der Waals surface area contributed by atoms with Gasteiger partial charge in [-0.3, -0.25) is 9.52 Å². The normalized spacial score (nSPS) is 14.1. The summed E-state index contributed by atoms with van der Waals surface area (Å²) in [5, 5.41) is 2.89. The highest BCUT2D eigenvalue weighted by molar-refractivity contribution is 7.92. The van der Waals surface area contributed by atoms with Crippen molar-refractivity contribution in [3.63, 3.8) is 0 Å². The first kappa shape index (κ1) is 22.8. The zero-order valence-corrected chi connectivity index (χ0v) is 19.5. The molecule has 0 saturated carbocycles. The molecule has 0 spiro atoms. The van der Waals surface area contributed by atoms with Gasteiger partial charge in [-0.25, -0.2) is 8.42 Å². The highest BCUT2D eigenvalue weighted by Gasteiger charge is 2.21. The van der Waals surface area contributed by atoms with E-state index in [2.05, 4.69) is 14.9 Å². The van der Waals surface area contributed by atoms with E-state index in [4.69, 9.17) is 4.74 Å². The maximum absolute atomic E-state index is 13.1. The van der Waals surface area contributed by atoms with E-state index in [9.17, 15) is 13.2 Å². The van der Waals surface area contributed by atoms with Crippen molar-refractivity contribution in [2.45, 2.75) is 18.7 Å². The minimum atomic E-state index is -3.87. The summed E-state index contributed by atoms with van der Waals surface area (Å²) in [7, 11) is -3.87. The van der Waals surface area contributed by atoms with Gasteiger partial charge in [0.25, 0.3) is 15.9 Å². The van der Waals surface area contributed by atoms with E-state index in [1.165, 1.54) is 0 Å². The second kappa shape index (κ2) is 9.64. The second-order valence-electron chi connectivity index (χ2n) is 8.02. The summed E-state index contributed by atoms with van der Waals surface area (Å²) >= 11 is 0. The van der Waals surface area contributed by atoms with Crippen molar-refractivity contribution >= 4 is 33.0 Å². The van der Waals surface area contributed by atoms with Crippen molar-refractivity contribution in [3.8, 4) is 0 Å². The van der Waals surface area contributed by atoms with Gasteiger partial charge in [0.05, 0.1) is 29.4 Å². The number of benzene rings is 3. The molecule has 8 heteroatoms. The lowest BCUT2D eigenvalue weighted by Crippen LogP contribution is -2.36. The van der Waals surface area contributed by atoms with Crippen LogP contribution in [0, 0.1) is 13.8 Å². The Balaban J connectivity index is 1.56. The molecule has 3 aromatic rings. The lowest BCUT2D eigenvalue weighted by molar-refractivity contribution is 0.102. The number of ether oxygens (including phenoxy) is 1. The standard InChI is InChI=1S/C25H27N3O4S/c1-18-10-11-19(2)24(16-18)33(30,31)27-23-9-4-3-8-22(23)25(29)26-20-6-5-7-21(17-20)28-12-14-32-15-13-28/h3-11,16-17,27H,12-15H2,1-2H3,(H,26,29). The summed E-state index contributed by atoms with van der Waals surface area (Å²) < 4.78 is 34.1. The molecule has 1 fully saturated rings. The minimum Gasteiger partial charge on any atom is -0.378 e. The van der Waals surface area contributed by atoms with Gasteiger partial charge in [0.15, 0.2) is 0 Å². The molecule has 0 radical (unpaired) electrons. The molecule has 0 bridgehead atoms. The van der Waals surface area contributed by atoms with Crippen LogP contribution in [0.3, 0.4) is 0 Å². The molecule has 1 amide bonds. The summed E-state index contributed by atoms with van der Waals surface area (Å²) in [6, 6.07) is 19.4. The summed E-state index contributed by atoms with van der Waals surface area (Å²) in [5.41, 5.74) is 3.57. The highest BCUT2D eigenvalue weighted by Crippen LogP contribution is 2.25. The van der Waals surface area contributed by atoms with Crippen LogP contribution in [0.15, 0.2) is 71.6 Å². The van der Waals surface area contributed by atoms with E-state index in [1.54, 1.807) is 43.3 Å². The van der Waals surface area contributed by atoms with Gasteiger partial charge in [-0.05, 0) is 61.4 Å². The molecule has 0 unspecified atom stereocenters. The SMILES string of the molecule is Cc1ccc(C)c(S(=O)(=O)Nc2ccccc2C(=O)Nc2cccc(N3CCOCC3)c2)c1. The molecule has 7 nitrogen and oxygen atoms in total. The maximum Gasteiger partial charge on any atom is 0.262 e. The molecular weight excluding hydrogens is 438 g/mol. The van der Waals surface area contributed by atoms with Crippen LogP contribution in [0.1, 0.15) is 21.5 Å². The molecule has 4 rings (SSSR count). The van der Waals surface area contributed by atoms with Crippen molar-refractivity contribution in [1.29, 1.82) is 0 Å². The molecule has 172 valence electrons. The molecule has 0 atom stereocenters. The number of sulfonamides is 1. The van der Waals surface area contributed by atoms with Crippen LogP contribution in [-0.4, -0.2) is 40.6 Å². The van der Waals surface area contributed by atoms with Crippen LogP contribution >= 0.6 is 0 Å². The number of rotatable bonds is 6. The molecule has 3 aromatic carbocycles. The number of para-hydroxylation sites is 1. The number of morpholine rings is 1. The number of hydrogen-bond acceptors (Lipinski definition) is 5. The number of hydrogen-bond donors (Lipinski definition) is 2. The molecule has 1 saturated heterocycles. The van der Waals surface area contributed by atoms with Gasteiger partial charge in [0.2, 0.25) is 0 Å². The summed E-state index contributed by atoms with van der Waals surface area (Å²) in [6.45, 7) is 6.51. The first-order chi connectivity index (χ1) is 15.8. The van der Waals surface area contributed by atoms with Crippen LogP contribution in [0.5, 0.6) is 0 Å². The largest absolute Gasteiger partial charge is 0.378 e. The highest BCUT2D eigenvalue weighted by atomic mass is 32.2. The molecule has 1 aliphatic heterocycles. The van der Waals surface area contributed by atoms with E-state index in [-0.39, 0.29) is 16.1 Å². The van der Waals surface area contributed by atoms with E-state index in [0.717, 1.165) is 24.3 Å². The lowest BCUT2D eigenvalue weighted by atomic mass is 10.1. The summed E-state index contributed by atoms with van der Waals surface area (Å²) in [4.78, 5) is 15.5. The first-order valence-corrected chi connectivity index (χ1v) is 12.2.